The second-order valence-corrected chi connectivity index (χ2v) is 7.88. The summed E-state index contributed by atoms with van der Waals surface area (Å²) in [5.41, 5.74) is 3.85. The molecule has 0 bridgehead atoms. The molecule has 1 amide bonds. The maximum Gasteiger partial charge on any atom is 0.311 e. The van der Waals surface area contributed by atoms with Gasteiger partial charge in [0.25, 0.3) is 5.91 Å². The summed E-state index contributed by atoms with van der Waals surface area (Å²) < 4.78 is 11.0. The minimum atomic E-state index is -0.775. The Balaban J connectivity index is 1.67. The van der Waals surface area contributed by atoms with Gasteiger partial charge in [-0.2, -0.15) is 0 Å². The number of piperidine rings is 1. The van der Waals surface area contributed by atoms with Crippen LogP contribution in [0.5, 0.6) is 0 Å². The van der Waals surface area contributed by atoms with Crippen molar-refractivity contribution in [1.82, 2.24) is 4.90 Å². The molecule has 2 heterocycles. The molecule has 0 aliphatic carbocycles. The van der Waals surface area contributed by atoms with Gasteiger partial charge in [0.15, 0.2) is 6.10 Å². The van der Waals surface area contributed by atoms with Crippen molar-refractivity contribution in [3.63, 3.8) is 0 Å². The highest BCUT2D eigenvalue weighted by molar-refractivity contribution is 5.88. The van der Waals surface area contributed by atoms with E-state index in [-0.39, 0.29) is 24.4 Å². The Labute approximate surface area is 160 Å². The lowest BCUT2D eigenvalue weighted by atomic mass is 9.97. The predicted octanol–water partition coefficient (Wildman–Crippen LogP) is 4.31. The van der Waals surface area contributed by atoms with Gasteiger partial charge in [-0.15, -0.1) is 0 Å². The molecule has 27 heavy (non-hydrogen) atoms. The molecule has 0 N–H and O–H groups in total. The van der Waals surface area contributed by atoms with Crippen molar-refractivity contribution < 1.29 is 18.7 Å². The molecule has 5 heteroatoms. The number of fused-ring (bicyclic) bond motifs is 1. The monoisotopic (exact) mass is 371 g/mol. The average molecular weight is 371 g/mol. The Bertz CT molecular complexity index is 843. The highest BCUT2D eigenvalue weighted by Gasteiger charge is 2.33. The van der Waals surface area contributed by atoms with Crippen molar-refractivity contribution in [2.75, 3.05) is 0 Å². The molecule has 5 nitrogen and oxygen atoms in total. The van der Waals surface area contributed by atoms with Crippen molar-refractivity contribution in [3.05, 3.63) is 35.1 Å². The zero-order valence-electron chi connectivity index (χ0n) is 16.9. The number of likely N-dealkylation sites (tertiary alicyclic amines) is 1. The zero-order valence-corrected chi connectivity index (χ0v) is 16.9. The lowest BCUT2D eigenvalue weighted by Crippen LogP contribution is -2.51. The molecule has 0 spiro atoms. The molecule has 0 radical (unpaired) electrons. The molecule has 3 rings (SSSR count). The normalized spacial score (nSPS) is 21.3. The molecule has 0 unspecified atom stereocenters. The minimum Gasteiger partial charge on any atom is -0.464 e. The minimum absolute atomic E-state index is 0.0955. The molecule has 1 aliphatic rings. The van der Waals surface area contributed by atoms with Gasteiger partial charge in [-0.1, -0.05) is 0 Å². The third kappa shape index (κ3) is 4.02. The van der Waals surface area contributed by atoms with Crippen LogP contribution in [0.4, 0.5) is 0 Å². The van der Waals surface area contributed by atoms with Crippen LogP contribution in [-0.4, -0.2) is 35.0 Å². The van der Waals surface area contributed by atoms with Gasteiger partial charge in [-0.05, 0) is 77.1 Å². The number of furan rings is 1. The van der Waals surface area contributed by atoms with Crippen molar-refractivity contribution in [3.8, 4) is 0 Å². The zero-order chi connectivity index (χ0) is 19.7. The van der Waals surface area contributed by atoms with Crippen LogP contribution >= 0.6 is 0 Å². The Hall–Kier alpha value is -2.30. The van der Waals surface area contributed by atoms with Gasteiger partial charge < -0.3 is 14.1 Å². The maximum atomic E-state index is 12.8. The fourth-order valence-electron chi connectivity index (χ4n) is 3.98. The first-order valence-corrected chi connectivity index (χ1v) is 9.77. The van der Waals surface area contributed by atoms with E-state index >= 15 is 0 Å². The van der Waals surface area contributed by atoms with Gasteiger partial charge >= 0.3 is 5.97 Å². The Morgan fingerprint density at radius 3 is 2.48 bits per heavy atom. The molecule has 2 aromatic rings. The lowest BCUT2D eigenvalue weighted by Gasteiger charge is -2.40. The van der Waals surface area contributed by atoms with Crippen molar-refractivity contribution >= 4 is 22.8 Å². The topological polar surface area (TPSA) is 59.8 Å². The smallest absolute Gasteiger partial charge is 0.311 e. The van der Waals surface area contributed by atoms with E-state index in [0.29, 0.717) is 0 Å². The molecule has 1 fully saturated rings. The molecule has 1 aliphatic heterocycles. The molecule has 3 atom stereocenters. The third-order valence-corrected chi connectivity index (χ3v) is 5.71. The van der Waals surface area contributed by atoms with Crippen LogP contribution in [0.25, 0.3) is 11.0 Å². The third-order valence-electron chi connectivity index (χ3n) is 5.71. The van der Waals surface area contributed by atoms with E-state index in [4.69, 9.17) is 9.15 Å². The SMILES string of the molecule is Cc1cc2occ(CC(=O)O[C@H](C)C(=O)N3[C@@H](C)CCC[C@@H]3C)c2cc1C. The Morgan fingerprint density at radius 2 is 1.81 bits per heavy atom. The summed E-state index contributed by atoms with van der Waals surface area (Å²) in [6.45, 7) is 9.84. The van der Waals surface area contributed by atoms with E-state index in [9.17, 15) is 9.59 Å². The van der Waals surface area contributed by atoms with Crippen molar-refractivity contribution in [2.24, 2.45) is 0 Å². The van der Waals surface area contributed by atoms with Crippen LogP contribution < -0.4 is 0 Å². The van der Waals surface area contributed by atoms with E-state index in [1.807, 2.05) is 30.9 Å². The van der Waals surface area contributed by atoms with Crippen LogP contribution in [0.2, 0.25) is 0 Å². The van der Waals surface area contributed by atoms with E-state index in [2.05, 4.69) is 13.8 Å². The molecular weight excluding hydrogens is 342 g/mol. The number of ether oxygens (including phenoxy) is 1. The summed E-state index contributed by atoms with van der Waals surface area (Å²) in [5, 5.41) is 0.923. The quantitative estimate of drug-likeness (QED) is 0.751. The van der Waals surface area contributed by atoms with E-state index < -0.39 is 12.1 Å². The number of nitrogens with zero attached hydrogens (tertiary/aromatic N) is 1. The Kier molecular flexibility index (Phi) is 5.59. The van der Waals surface area contributed by atoms with E-state index in [0.717, 1.165) is 46.9 Å². The molecule has 1 aromatic heterocycles. The number of hydrogen-bond donors (Lipinski definition) is 0. The predicted molar refractivity (Wildman–Crippen MR) is 105 cm³/mol. The summed E-state index contributed by atoms with van der Waals surface area (Å²) >= 11 is 0. The number of benzene rings is 1. The molecule has 0 saturated carbocycles. The van der Waals surface area contributed by atoms with Gasteiger partial charge in [0, 0.05) is 23.0 Å². The first-order valence-electron chi connectivity index (χ1n) is 9.77. The standard InChI is InChI=1S/C22H29NO4/c1-13-9-19-18(12-26-20(19)10-14(13)2)11-21(24)27-17(5)22(25)23-15(3)7-6-8-16(23)4/h9-10,12,15-17H,6-8,11H2,1-5H3/t15-,16-,17+/m0/s1. The molecular formula is C22H29NO4. The second kappa shape index (κ2) is 7.75. The van der Waals surface area contributed by atoms with Gasteiger partial charge in [0.1, 0.15) is 5.58 Å². The largest absolute Gasteiger partial charge is 0.464 e. The Morgan fingerprint density at radius 1 is 1.19 bits per heavy atom. The summed E-state index contributed by atoms with van der Waals surface area (Å²) in [7, 11) is 0. The summed E-state index contributed by atoms with van der Waals surface area (Å²) in [6.07, 6.45) is 4.05. The summed E-state index contributed by atoms with van der Waals surface area (Å²) in [4.78, 5) is 27.1. The van der Waals surface area contributed by atoms with Crippen LogP contribution in [0.15, 0.2) is 22.8 Å². The molecule has 1 saturated heterocycles. The van der Waals surface area contributed by atoms with Gasteiger partial charge in [0.2, 0.25) is 0 Å². The van der Waals surface area contributed by atoms with E-state index in [1.165, 1.54) is 0 Å². The molecule has 1 aromatic carbocycles. The number of amides is 1. The van der Waals surface area contributed by atoms with Crippen LogP contribution in [0.1, 0.15) is 56.7 Å². The number of aryl methyl sites for hydroxylation is 2. The number of esters is 1. The lowest BCUT2D eigenvalue weighted by molar-refractivity contribution is -0.161. The number of carbonyl (C=O) groups is 2. The number of rotatable bonds is 4. The van der Waals surface area contributed by atoms with Crippen LogP contribution in [0, 0.1) is 13.8 Å². The maximum absolute atomic E-state index is 12.8. The number of carbonyl (C=O) groups excluding carboxylic acids is 2. The summed E-state index contributed by atoms with van der Waals surface area (Å²) in [5.74, 6) is -0.513. The van der Waals surface area contributed by atoms with Gasteiger partial charge in [-0.25, -0.2) is 0 Å². The van der Waals surface area contributed by atoms with Gasteiger partial charge in [-0.3, -0.25) is 9.59 Å². The fourth-order valence-corrected chi connectivity index (χ4v) is 3.98. The second-order valence-electron chi connectivity index (χ2n) is 7.88. The summed E-state index contributed by atoms with van der Waals surface area (Å²) in [6, 6.07) is 4.38. The fraction of sp³-hybridized carbons (Fsp3) is 0.545. The number of hydrogen-bond acceptors (Lipinski definition) is 4. The molecule has 146 valence electrons. The van der Waals surface area contributed by atoms with Crippen LogP contribution in [-0.2, 0) is 20.7 Å². The van der Waals surface area contributed by atoms with Crippen LogP contribution in [0.3, 0.4) is 0 Å². The van der Waals surface area contributed by atoms with E-state index in [1.54, 1.807) is 13.2 Å². The van der Waals surface area contributed by atoms with Crippen molar-refractivity contribution in [1.29, 1.82) is 0 Å². The first kappa shape index (κ1) is 19.5. The highest BCUT2D eigenvalue weighted by Crippen LogP contribution is 2.26. The van der Waals surface area contributed by atoms with Gasteiger partial charge in [0.05, 0.1) is 12.7 Å². The van der Waals surface area contributed by atoms with Crippen molar-refractivity contribution in [2.45, 2.75) is 78.5 Å². The average Bonchev–Trinajstić information content (AvgIpc) is 2.96. The first-order chi connectivity index (χ1) is 12.8. The highest BCUT2D eigenvalue weighted by atomic mass is 16.5.